The van der Waals surface area contributed by atoms with Crippen molar-refractivity contribution in [3.63, 3.8) is 0 Å². The van der Waals surface area contributed by atoms with Crippen molar-refractivity contribution in [1.29, 1.82) is 0 Å². The first kappa shape index (κ1) is 15.1. The lowest BCUT2D eigenvalue weighted by molar-refractivity contribution is 0.133. The Balaban J connectivity index is 2.25. The van der Waals surface area contributed by atoms with Gasteiger partial charge in [0, 0.05) is 25.2 Å². The monoisotopic (exact) mass is 278 g/mol. The molecule has 0 unspecified atom stereocenters. The highest BCUT2D eigenvalue weighted by Gasteiger charge is 2.24. The van der Waals surface area contributed by atoms with Crippen molar-refractivity contribution in [2.45, 2.75) is 25.8 Å². The number of nitrogens with zero attached hydrogens (tertiary/aromatic N) is 1. The Hall–Kier alpha value is -1.26. The molecule has 2 atom stereocenters. The molecule has 1 aliphatic rings. The number of piperidine rings is 1. The zero-order valence-corrected chi connectivity index (χ0v) is 12.8. The molecule has 112 valence electrons. The van der Waals surface area contributed by atoms with Crippen LogP contribution in [0.25, 0.3) is 0 Å². The fraction of sp³-hybridized carbons (Fsp3) is 0.625. The third kappa shape index (κ3) is 3.44. The summed E-state index contributed by atoms with van der Waals surface area (Å²) in [4.78, 5) is 2.49. The molecule has 0 saturated carbocycles. The van der Waals surface area contributed by atoms with Crippen LogP contribution in [0.2, 0.25) is 0 Å². The highest BCUT2D eigenvalue weighted by Crippen LogP contribution is 2.31. The largest absolute Gasteiger partial charge is 0.497 e. The minimum atomic E-state index is 0.238. The Morgan fingerprint density at radius 3 is 2.40 bits per heavy atom. The Labute approximate surface area is 121 Å². The summed E-state index contributed by atoms with van der Waals surface area (Å²) < 4.78 is 10.7. The summed E-state index contributed by atoms with van der Waals surface area (Å²) in [6, 6.07) is 6.27. The molecule has 1 heterocycles. The SMILES string of the molecule is COc1cc(OC)cc([C@@H](CN)N2CCC[C@@H](C)C2)c1. The van der Waals surface area contributed by atoms with Crippen LogP contribution in [-0.4, -0.2) is 38.8 Å². The Bertz CT molecular complexity index is 414. The third-order valence-corrected chi connectivity index (χ3v) is 4.11. The van der Waals surface area contributed by atoms with Crippen LogP contribution in [-0.2, 0) is 0 Å². The van der Waals surface area contributed by atoms with Gasteiger partial charge in [0.25, 0.3) is 0 Å². The quantitative estimate of drug-likeness (QED) is 0.898. The van der Waals surface area contributed by atoms with Crippen LogP contribution in [0.3, 0.4) is 0 Å². The normalized spacial score (nSPS) is 21.5. The molecule has 4 nitrogen and oxygen atoms in total. The fourth-order valence-electron chi connectivity index (χ4n) is 3.03. The van der Waals surface area contributed by atoms with E-state index in [1.165, 1.54) is 18.4 Å². The molecule has 1 saturated heterocycles. The standard InChI is InChI=1S/C16H26N2O2/c1-12-5-4-6-18(11-12)16(10-17)13-7-14(19-2)9-15(8-13)20-3/h7-9,12,16H,4-6,10-11,17H2,1-3H3/t12-,16-/m1/s1. The maximum absolute atomic E-state index is 6.04. The molecule has 1 aromatic carbocycles. The van der Waals surface area contributed by atoms with Crippen LogP contribution in [0.4, 0.5) is 0 Å². The van der Waals surface area contributed by atoms with Gasteiger partial charge in [-0.15, -0.1) is 0 Å². The van der Waals surface area contributed by atoms with Gasteiger partial charge in [-0.1, -0.05) is 6.92 Å². The summed E-state index contributed by atoms with van der Waals surface area (Å²) in [7, 11) is 3.36. The van der Waals surface area contributed by atoms with Crippen molar-refractivity contribution >= 4 is 0 Å². The van der Waals surface area contributed by atoms with Crippen LogP contribution in [0.1, 0.15) is 31.4 Å². The number of likely N-dealkylation sites (tertiary alicyclic amines) is 1. The first-order chi connectivity index (χ1) is 9.67. The highest BCUT2D eigenvalue weighted by atomic mass is 16.5. The minimum Gasteiger partial charge on any atom is -0.497 e. The lowest BCUT2D eigenvalue weighted by Crippen LogP contribution is -2.40. The number of benzene rings is 1. The Morgan fingerprint density at radius 1 is 1.25 bits per heavy atom. The molecule has 20 heavy (non-hydrogen) atoms. The van der Waals surface area contributed by atoms with E-state index < -0.39 is 0 Å². The number of ether oxygens (including phenoxy) is 2. The number of methoxy groups -OCH3 is 2. The Kier molecular flexibility index (Phi) is 5.26. The molecule has 0 bridgehead atoms. The molecule has 0 spiro atoms. The maximum atomic E-state index is 6.04. The maximum Gasteiger partial charge on any atom is 0.122 e. The van der Waals surface area contributed by atoms with E-state index in [2.05, 4.69) is 24.0 Å². The van der Waals surface area contributed by atoms with Crippen molar-refractivity contribution in [2.75, 3.05) is 33.9 Å². The van der Waals surface area contributed by atoms with E-state index >= 15 is 0 Å². The van der Waals surface area contributed by atoms with Gasteiger partial charge in [0.1, 0.15) is 11.5 Å². The third-order valence-electron chi connectivity index (χ3n) is 4.11. The summed E-state index contributed by atoms with van der Waals surface area (Å²) in [6.07, 6.45) is 2.56. The van der Waals surface area contributed by atoms with Gasteiger partial charge in [-0.25, -0.2) is 0 Å². The van der Waals surface area contributed by atoms with Gasteiger partial charge >= 0.3 is 0 Å². The van der Waals surface area contributed by atoms with Gasteiger partial charge in [0.05, 0.1) is 14.2 Å². The zero-order chi connectivity index (χ0) is 14.5. The van der Waals surface area contributed by atoms with Gasteiger partial charge in [0.15, 0.2) is 0 Å². The summed E-state index contributed by atoms with van der Waals surface area (Å²) in [5.41, 5.74) is 7.22. The lowest BCUT2D eigenvalue weighted by atomic mass is 9.96. The zero-order valence-electron chi connectivity index (χ0n) is 12.8. The molecular weight excluding hydrogens is 252 g/mol. The van der Waals surface area contributed by atoms with Gasteiger partial charge in [0.2, 0.25) is 0 Å². The Morgan fingerprint density at radius 2 is 1.90 bits per heavy atom. The number of hydrogen-bond donors (Lipinski definition) is 1. The first-order valence-electron chi connectivity index (χ1n) is 7.35. The van der Waals surface area contributed by atoms with E-state index in [1.807, 2.05) is 6.07 Å². The summed E-state index contributed by atoms with van der Waals surface area (Å²) in [6.45, 7) is 5.15. The second kappa shape index (κ2) is 6.95. The average Bonchev–Trinajstić information content (AvgIpc) is 2.47. The first-order valence-corrected chi connectivity index (χ1v) is 7.35. The van der Waals surface area contributed by atoms with E-state index in [1.54, 1.807) is 14.2 Å². The molecule has 0 radical (unpaired) electrons. The van der Waals surface area contributed by atoms with Crippen LogP contribution < -0.4 is 15.2 Å². The molecule has 2 rings (SSSR count). The van der Waals surface area contributed by atoms with Crippen molar-refractivity contribution in [2.24, 2.45) is 11.7 Å². The molecule has 1 fully saturated rings. The topological polar surface area (TPSA) is 47.7 Å². The molecular formula is C16H26N2O2. The average molecular weight is 278 g/mol. The van der Waals surface area contributed by atoms with Gasteiger partial charge in [-0.2, -0.15) is 0 Å². The molecule has 4 heteroatoms. The van der Waals surface area contributed by atoms with Crippen molar-refractivity contribution < 1.29 is 9.47 Å². The minimum absolute atomic E-state index is 0.238. The second-order valence-corrected chi connectivity index (χ2v) is 5.64. The molecule has 0 aliphatic carbocycles. The van der Waals surface area contributed by atoms with Crippen molar-refractivity contribution in [3.8, 4) is 11.5 Å². The van der Waals surface area contributed by atoms with E-state index in [4.69, 9.17) is 15.2 Å². The predicted molar refractivity (Wildman–Crippen MR) is 81.3 cm³/mol. The highest BCUT2D eigenvalue weighted by molar-refractivity contribution is 5.40. The van der Waals surface area contributed by atoms with E-state index in [0.29, 0.717) is 6.54 Å². The molecule has 1 aromatic rings. The van der Waals surface area contributed by atoms with E-state index in [-0.39, 0.29) is 6.04 Å². The van der Waals surface area contributed by atoms with Crippen LogP contribution in [0.5, 0.6) is 11.5 Å². The van der Waals surface area contributed by atoms with Crippen LogP contribution in [0, 0.1) is 5.92 Å². The summed E-state index contributed by atoms with van der Waals surface area (Å²) >= 11 is 0. The summed E-state index contributed by atoms with van der Waals surface area (Å²) in [5.74, 6) is 2.39. The van der Waals surface area contributed by atoms with Crippen LogP contribution in [0.15, 0.2) is 18.2 Å². The van der Waals surface area contributed by atoms with E-state index in [9.17, 15) is 0 Å². The van der Waals surface area contributed by atoms with Crippen LogP contribution >= 0.6 is 0 Å². The smallest absolute Gasteiger partial charge is 0.122 e. The second-order valence-electron chi connectivity index (χ2n) is 5.64. The molecule has 1 aliphatic heterocycles. The lowest BCUT2D eigenvalue weighted by Gasteiger charge is -2.37. The predicted octanol–water partition coefficient (Wildman–Crippen LogP) is 2.44. The molecule has 0 amide bonds. The van der Waals surface area contributed by atoms with Crippen molar-refractivity contribution in [3.05, 3.63) is 23.8 Å². The molecule has 2 N–H and O–H groups in total. The molecule has 0 aromatic heterocycles. The number of nitrogens with two attached hydrogens (primary N) is 1. The fourth-order valence-corrected chi connectivity index (χ4v) is 3.03. The number of rotatable bonds is 5. The van der Waals surface area contributed by atoms with Crippen molar-refractivity contribution in [1.82, 2.24) is 4.90 Å². The summed E-state index contributed by atoms with van der Waals surface area (Å²) in [5, 5.41) is 0. The van der Waals surface area contributed by atoms with Gasteiger partial charge < -0.3 is 15.2 Å². The number of hydrogen-bond acceptors (Lipinski definition) is 4. The van der Waals surface area contributed by atoms with E-state index in [0.717, 1.165) is 30.5 Å². The van der Waals surface area contributed by atoms with Gasteiger partial charge in [-0.05, 0) is 43.0 Å². The van der Waals surface area contributed by atoms with Gasteiger partial charge in [-0.3, -0.25) is 4.90 Å².